The summed E-state index contributed by atoms with van der Waals surface area (Å²) < 4.78 is 55.4. The number of nitrogens with one attached hydrogen (secondary N) is 1. The van der Waals surface area contributed by atoms with Crippen molar-refractivity contribution >= 4 is 17.6 Å². The highest BCUT2D eigenvalue weighted by molar-refractivity contribution is 5.99. The summed E-state index contributed by atoms with van der Waals surface area (Å²) in [7, 11) is 0. The Morgan fingerprint density at radius 3 is 2.35 bits per heavy atom. The van der Waals surface area contributed by atoms with Crippen LogP contribution in [0.15, 0.2) is 30.5 Å². The van der Waals surface area contributed by atoms with E-state index in [1.807, 2.05) is 0 Å². The predicted molar refractivity (Wildman–Crippen MR) is 103 cm³/mol. The Hall–Kier alpha value is -3.11. The van der Waals surface area contributed by atoms with Crippen LogP contribution in [0, 0.1) is 11.7 Å². The van der Waals surface area contributed by atoms with Crippen LogP contribution >= 0.6 is 0 Å². The Morgan fingerprint density at radius 1 is 1.13 bits per heavy atom. The van der Waals surface area contributed by atoms with Gasteiger partial charge in [0.25, 0.3) is 5.91 Å². The third kappa shape index (κ3) is 4.08. The molecule has 2 atom stereocenters. The predicted octanol–water partition coefficient (Wildman–Crippen LogP) is 3.02. The molecule has 1 saturated heterocycles. The van der Waals surface area contributed by atoms with Crippen molar-refractivity contribution in [3.05, 3.63) is 47.4 Å². The third-order valence-corrected chi connectivity index (χ3v) is 5.93. The topological polar surface area (TPSA) is 93.2 Å². The second-order valence-corrected chi connectivity index (χ2v) is 7.86. The summed E-state index contributed by atoms with van der Waals surface area (Å²) in [5.74, 6) is -1.72. The van der Waals surface area contributed by atoms with Gasteiger partial charge in [-0.05, 0) is 30.5 Å². The number of hydrogen-bond donors (Lipinski definition) is 2. The van der Waals surface area contributed by atoms with E-state index in [0.29, 0.717) is 18.4 Å². The quantitative estimate of drug-likeness (QED) is 0.719. The number of benzene rings is 1. The first-order chi connectivity index (χ1) is 14.6. The van der Waals surface area contributed by atoms with Crippen molar-refractivity contribution < 1.29 is 27.2 Å². The van der Waals surface area contributed by atoms with Crippen LogP contribution in [0.4, 0.5) is 23.4 Å². The van der Waals surface area contributed by atoms with Crippen LogP contribution in [0.2, 0.25) is 0 Å². The van der Waals surface area contributed by atoms with Crippen molar-refractivity contribution in [1.82, 2.24) is 14.7 Å². The van der Waals surface area contributed by atoms with Crippen molar-refractivity contribution in [1.29, 1.82) is 0 Å². The minimum Gasteiger partial charge on any atom is -0.369 e. The number of halogens is 4. The fourth-order valence-electron chi connectivity index (χ4n) is 4.17. The molecule has 2 aliphatic heterocycles. The van der Waals surface area contributed by atoms with Gasteiger partial charge in [0.15, 0.2) is 6.04 Å². The number of carbonyl (C=O) groups excluding carboxylic acids is 2. The lowest BCUT2D eigenvalue weighted by molar-refractivity contribution is -0.173. The number of rotatable bonds is 3. The molecule has 2 aliphatic rings. The molecule has 1 fully saturated rings. The highest BCUT2D eigenvalue weighted by atomic mass is 19.4. The number of fused-ring (bicyclic) bond motifs is 1. The molecule has 166 valence electrons. The molecule has 1 aromatic carbocycles. The third-order valence-electron chi connectivity index (χ3n) is 5.93. The van der Waals surface area contributed by atoms with Crippen LogP contribution < -0.4 is 11.1 Å². The van der Waals surface area contributed by atoms with Crippen LogP contribution in [0.3, 0.4) is 0 Å². The Morgan fingerprint density at radius 2 is 1.77 bits per heavy atom. The average Bonchev–Trinajstić information content (AvgIpc) is 3.16. The number of aromatic nitrogens is 2. The van der Waals surface area contributed by atoms with Crippen molar-refractivity contribution in [2.75, 3.05) is 18.4 Å². The molecule has 0 saturated carbocycles. The molecule has 2 aromatic rings. The molecule has 2 amide bonds. The molecule has 7 nitrogen and oxygen atoms in total. The Kier molecular flexibility index (Phi) is 5.36. The highest BCUT2D eigenvalue weighted by Gasteiger charge is 2.47. The summed E-state index contributed by atoms with van der Waals surface area (Å²) in [6.07, 6.45) is -2.98. The van der Waals surface area contributed by atoms with Gasteiger partial charge in [-0.1, -0.05) is 12.1 Å². The minimum absolute atomic E-state index is 0.0232. The number of primary amides is 1. The summed E-state index contributed by atoms with van der Waals surface area (Å²) in [5, 5.41) is 6.85. The number of alkyl halides is 3. The first kappa shape index (κ1) is 21.1. The standard InChI is InChI=1S/C20H21F4N5O2/c21-13-3-1-11(2-4-13)15-9-16(20(22,23)24)29-18(27-15)14(10-26-29)19(31)28-7-5-12(6-8-28)17(25)30/h1-4,10,12,15-16,27H,5-9H2,(H2,25,30)/t15-,16-/m0/s1. The monoisotopic (exact) mass is 439 g/mol. The average molecular weight is 439 g/mol. The number of piperidine rings is 1. The van der Waals surface area contributed by atoms with E-state index in [4.69, 9.17) is 5.73 Å². The molecule has 31 heavy (non-hydrogen) atoms. The van der Waals surface area contributed by atoms with Gasteiger partial charge < -0.3 is 16.0 Å². The smallest absolute Gasteiger partial charge is 0.369 e. The first-order valence-corrected chi connectivity index (χ1v) is 9.90. The molecule has 0 spiro atoms. The summed E-state index contributed by atoms with van der Waals surface area (Å²) in [5.41, 5.74) is 5.82. The van der Waals surface area contributed by atoms with E-state index in [2.05, 4.69) is 10.4 Å². The second-order valence-electron chi connectivity index (χ2n) is 7.86. The van der Waals surface area contributed by atoms with E-state index in [9.17, 15) is 27.2 Å². The van der Waals surface area contributed by atoms with Gasteiger partial charge >= 0.3 is 6.18 Å². The number of nitrogens with two attached hydrogens (primary N) is 1. The van der Waals surface area contributed by atoms with Crippen LogP contribution in [-0.4, -0.2) is 45.8 Å². The Balaban J connectivity index is 1.63. The fourth-order valence-corrected chi connectivity index (χ4v) is 4.17. The van der Waals surface area contributed by atoms with Crippen LogP contribution in [0.1, 0.15) is 47.3 Å². The zero-order valence-electron chi connectivity index (χ0n) is 16.4. The molecule has 11 heteroatoms. The van der Waals surface area contributed by atoms with E-state index in [0.717, 1.165) is 10.9 Å². The summed E-state index contributed by atoms with van der Waals surface area (Å²) in [4.78, 5) is 25.9. The van der Waals surface area contributed by atoms with Gasteiger partial charge in [0, 0.05) is 25.4 Å². The molecule has 0 radical (unpaired) electrons. The molecule has 0 unspecified atom stereocenters. The second kappa shape index (κ2) is 7.86. The van der Waals surface area contributed by atoms with Crippen LogP contribution in [0.5, 0.6) is 0 Å². The minimum atomic E-state index is -4.58. The van der Waals surface area contributed by atoms with Gasteiger partial charge in [-0.2, -0.15) is 18.3 Å². The molecule has 3 N–H and O–H groups in total. The number of anilines is 1. The summed E-state index contributed by atoms with van der Waals surface area (Å²) in [6.45, 7) is 0.558. The fraction of sp³-hybridized carbons (Fsp3) is 0.450. The maximum absolute atomic E-state index is 13.8. The molecule has 0 aliphatic carbocycles. The van der Waals surface area contributed by atoms with Crippen LogP contribution in [-0.2, 0) is 4.79 Å². The zero-order valence-corrected chi connectivity index (χ0v) is 16.4. The van der Waals surface area contributed by atoms with E-state index in [1.54, 1.807) is 0 Å². The number of likely N-dealkylation sites (tertiary alicyclic amines) is 1. The lowest BCUT2D eigenvalue weighted by Crippen LogP contribution is -2.42. The number of amides is 2. The number of hydrogen-bond acceptors (Lipinski definition) is 4. The molecule has 1 aromatic heterocycles. The summed E-state index contributed by atoms with van der Waals surface area (Å²) in [6, 6.07) is 2.50. The lowest BCUT2D eigenvalue weighted by atomic mass is 9.95. The lowest BCUT2D eigenvalue weighted by Gasteiger charge is -2.35. The summed E-state index contributed by atoms with van der Waals surface area (Å²) >= 11 is 0. The molecule has 4 rings (SSSR count). The zero-order chi connectivity index (χ0) is 22.3. The van der Waals surface area contributed by atoms with E-state index >= 15 is 0 Å². The molecule has 0 bridgehead atoms. The van der Waals surface area contributed by atoms with Crippen molar-refractivity contribution in [3.63, 3.8) is 0 Å². The van der Waals surface area contributed by atoms with Crippen molar-refractivity contribution in [3.8, 4) is 0 Å². The maximum Gasteiger partial charge on any atom is 0.410 e. The first-order valence-electron chi connectivity index (χ1n) is 9.90. The Bertz CT molecular complexity index is 980. The van der Waals surface area contributed by atoms with Crippen molar-refractivity contribution in [2.45, 2.75) is 37.5 Å². The van der Waals surface area contributed by atoms with Gasteiger partial charge in [-0.15, -0.1) is 0 Å². The Labute approximate surface area is 175 Å². The van der Waals surface area contributed by atoms with Crippen LogP contribution in [0.25, 0.3) is 0 Å². The van der Waals surface area contributed by atoms with Crippen molar-refractivity contribution in [2.24, 2.45) is 11.7 Å². The number of carbonyl (C=O) groups is 2. The maximum atomic E-state index is 13.8. The van der Waals surface area contributed by atoms with E-state index in [1.165, 1.54) is 29.2 Å². The highest BCUT2D eigenvalue weighted by Crippen LogP contribution is 2.44. The number of nitrogens with zero attached hydrogens (tertiary/aromatic N) is 3. The molecule has 3 heterocycles. The molecular formula is C20H21F4N5O2. The largest absolute Gasteiger partial charge is 0.410 e. The van der Waals surface area contributed by atoms with Gasteiger partial charge in [0.1, 0.15) is 17.2 Å². The van der Waals surface area contributed by atoms with E-state index < -0.39 is 35.9 Å². The van der Waals surface area contributed by atoms with Gasteiger partial charge in [-0.25, -0.2) is 9.07 Å². The van der Waals surface area contributed by atoms with Gasteiger partial charge in [0.2, 0.25) is 5.91 Å². The molecular weight excluding hydrogens is 418 g/mol. The van der Waals surface area contributed by atoms with Gasteiger partial charge in [-0.3, -0.25) is 9.59 Å². The van der Waals surface area contributed by atoms with E-state index in [-0.39, 0.29) is 36.8 Å². The normalized spacial score (nSPS) is 22.0. The van der Waals surface area contributed by atoms with Gasteiger partial charge in [0.05, 0.1) is 12.2 Å². The SMILES string of the molecule is NC(=O)C1CCN(C(=O)c2cnn3c2N[C@H](c2ccc(F)cc2)C[C@H]3C(F)(F)F)CC1.